The van der Waals surface area contributed by atoms with E-state index in [-0.39, 0.29) is 55.3 Å². The Labute approximate surface area is 416 Å². The van der Waals surface area contributed by atoms with Gasteiger partial charge in [-0.25, -0.2) is 0 Å². The number of Topliss-reactive ketones (excluding diaryl/α,β-unsaturated/α-hetero) is 2. The van der Waals surface area contributed by atoms with Crippen molar-refractivity contribution in [3.8, 4) is 0 Å². The maximum atomic E-state index is 13.3. The number of nitrogens with zero attached hydrogens (tertiary/aromatic N) is 3. The largest absolute Gasteiger partial charge is 0.419 e. The van der Waals surface area contributed by atoms with Crippen LogP contribution in [0.3, 0.4) is 0 Å². The highest BCUT2D eigenvalue weighted by Crippen LogP contribution is 2.70. The highest BCUT2D eigenvalue weighted by Gasteiger charge is 2.63. The lowest BCUT2D eigenvalue weighted by molar-refractivity contribution is -0.151. The first-order chi connectivity index (χ1) is 31.2. The zero-order valence-electron chi connectivity index (χ0n) is 40.4. The fourth-order valence-electron chi connectivity index (χ4n) is 17.3. The van der Waals surface area contributed by atoms with Gasteiger partial charge in [0.25, 0.3) is 0 Å². The Hall–Kier alpha value is -2.26. The molecule has 0 spiro atoms. The molecular weight excluding hydrogens is 963 g/mol. The molecule has 69 heavy (non-hydrogen) atoms. The van der Waals surface area contributed by atoms with E-state index < -0.39 is 34.7 Å². The standard InChI is InChI=1S/C26H37F3N2O2.C22H35BrO2.C4H3F3N2.2CH4/c1-23(33)10-11-24(2)16(12-23)4-5-18-19-6-7-21(25(19,3)9-8-20(18)24)22(32)15-31-14-17(13-30-31)26(27,28)29;1-20(25)10-11-21(2)14(12-20)4-5-15-16-6-7-18(19(24)13-23)22(16,3)9-8-17(15)21;5-4(6,7)3-1-8-9-2-3;;/h13-14,16,18-21,33H,4-12,15H2,1-3H3;14-18,25H,4-13H2,1-3H3;1-2H,(H,8,9);2*1H4/t16-,18-,19-,20-,21+,23+,24-,25-;14-,15-,16-,17-,18+,20+,21-,22-;;;/m00.../s1. The van der Waals surface area contributed by atoms with Crippen LogP contribution in [0.25, 0.3) is 0 Å². The van der Waals surface area contributed by atoms with Crippen LogP contribution in [-0.2, 0) is 28.5 Å². The fourth-order valence-corrected chi connectivity index (χ4v) is 17.7. The van der Waals surface area contributed by atoms with Crippen LogP contribution in [0.1, 0.15) is 183 Å². The van der Waals surface area contributed by atoms with Gasteiger partial charge in [0.2, 0.25) is 0 Å². The maximum absolute atomic E-state index is 13.3. The monoisotopic (exact) mass is 1040 g/mol. The summed E-state index contributed by atoms with van der Waals surface area (Å²) in [7, 11) is 0. The predicted octanol–water partition coefficient (Wildman–Crippen LogP) is 13.9. The minimum absolute atomic E-state index is 0. The van der Waals surface area contributed by atoms with E-state index >= 15 is 0 Å². The van der Waals surface area contributed by atoms with Crippen molar-refractivity contribution in [2.45, 2.75) is 202 Å². The van der Waals surface area contributed by atoms with Gasteiger partial charge in [0, 0.05) is 24.2 Å². The molecule has 2 aromatic rings. The first-order valence-corrected chi connectivity index (χ1v) is 26.5. The van der Waals surface area contributed by atoms with E-state index in [9.17, 15) is 46.1 Å². The van der Waals surface area contributed by atoms with Crippen LogP contribution < -0.4 is 0 Å². The van der Waals surface area contributed by atoms with Crippen LogP contribution in [0.5, 0.6) is 0 Å². The first kappa shape index (κ1) is 56.0. The van der Waals surface area contributed by atoms with Crippen molar-refractivity contribution in [1.29, 1.82) is 0 Å². The van der Waals surface area contributed by atoms with E-state index in [4.69, 9.17) is 0 Å². The van der Waals surface area contributed by atoms with Gasteiger partial charge in [-0.15, -0.1) is 0 Å². The molecule has 8 saturated carbocycles. The third-order valence-corrected chi connectivity index (χ3v) is 21.5. The minimum atomic E-state index is -4.44. The molecule has 0 saturated heterocycles. The second-order valence-electron chi connectivity index (χ2n) is 24.5. The number of ketones is 2. The average Bonchev–Trinajstić information content (AvgIpc) is 4.07. The second-order valence-corrected chi connectivity index (χ2v) is 25.1. The molecule has 15 heteroatoms. The molecule has 0 unspecified atom stereocenters. The maximum Gasteiger partial charge on any atom is 0.419 e. The Bertz CT molecular complexity index is 2090. The number of carbonyl (C=O) groups excluding carboxylic acids is 2. The summed E-state index contributed by atoms with van der Waals surface area (Å²) in [6, 6.07) is 0. The summed E-state index contributed by atoms with van der Waals surface area (Å²) in [4.78, 5) is 25.8. The van der Waals surface area contributed by atoms with Gasteiger partial charge in [0.15, 0.2) is 5.78 Å². The third-order valence-electron chi connectivity index (χ3n) is 20.9. The smallest absolute Gasteiger partial charge is 0.390 e. The van der Waals surface area contributed by atoms with Crippen molar-refractivity contribution in [3.63, 3.8) is 0 Å². The molecule has 0 bridgehead atoms. The summed E-state index contributed by atoms with van der Waals surface area (Å²) in [5.74, 6) is 6.10. The molecule has 8 nitrogen and oxygen atoms in total. The fraction of sp³-hybridized carbons (Fsp3) is 0.852. The number of carbonyl (C=O) groups is 2. The molecule has 0 radical (unpaired) electrons. The Balaban J connectivity index is 0.000000192. The zero-order chi connectivity index (χ0) is 48.8. The number of fused-ring (bicyclic) bond motifs is 10. The Morgan fingerprint density at radius 1 is 0.623 bits per heavy atom. The van der Waals surface area contributed by atoms with Gasteiger partial charge in [-0.1, -0.05) is 58.5 Å². The van der Waals surface area contributed by atoms with Gasteiger partial charge in [-0.2, -0.15) is 36.5 Å². The number of halogens is 7. The molecule has 16 atom stereocenters. The lowest BCUT2D eigenvalue weighted by Crippen LogP contribution is -2.55. The molecule has 8 aliphatic carbocycles. The number of aromatic nitrogens is 4. The number of nitrogens with one attached hydrogen (secondary N) is 1. The number of H-pyrrole nitrogens is 1. The summed E-state index contributed by atoms with van der Waals surface area (Å²) < 4.78 is 74.6. The number of aliphatic hydroxyl groups is 2. The summed E-state index contributed by atoms with van der Waals surface area (Å²) in [6.45, 7) is 13.7. The van der Waals surface area contributed by atoms with Crippen molar-refractivity contribution >= 4 is 27.5 Å². The lowest BCUT2D eigenvalue weighted by atomic mass is 9.44. The summed E-state index contributed by atoms with van der Waals surface area (Å²) in [5.41, 5.74) is -1.66. The van der Waals surface area contributed by atoms with Crippen LogP contribution in [0.2, 0.25) is 0 Å². The summed E-state index contributed by atoms with van der Waals surface area (Å²) >= 11 is 3.43. The number of hydrogen-bond acceptors (Lipinski definition) is 6. The van der Waals surface area contributed by atoms with Crippen molar-refractivity contribution in [2.75, 3.05) is 5.33 Å². The average molecular weight is 1050 g/mol. The molecular formula is C54H83BrF6N4O4. The van der Waals surface area contributed by atoms with E-state index in [1.54, 1.807) is 0 Å². The van der Waals surface area contributed by atoms with Gasteiger partial charge in [-0.3, -0.25) is 19.4 Å². The third kappa shape index (κ3) is 10.5. The highest BCUT2D eigenvalue weighted by molar-refractivity contribution is 9.09. The molecule has 3 N–H and O–H groups in total. The van der Waals surface area contributed by atoms with Gasteiger partial charge in [0.1, 0.15) is 5.78 Å². The van der Waals surface area contributed by atoms with Crippen LogP contribution in [-0.4, -0.2) is 58.3 Å². The van der Waals surface area contributed by atoms with Crippen LogP contribution in [0.4, 0.5) is 26.3 Å². The first-order valence-electron chi connectivity index (χ1n) is 25.4. The van der Waals surface area contributed by atoms with Crippen molar-refractivity contribution in [3.05, 3.63) is 35.9 Å². The number of rotatable bonds is 5. The van der Waals surface area contributed by atoms with Crippen LogP contribution in [0.15, 0.2) is 24.8 Å². The molecule has 0 aliphatic heterocycles. The SMILES string of the molecule is C.C.C[C@@]1(O)CC[C@@]2(C)[C@@H](CC[C@@H]3[C@@H]2CC[C@]2(C)[C@@H](C(=O)CBr)CC[C@@H]32)C1.C[C@@]1(O)CC[C@@]2(C)[C@@H](CC[C@@H]3[C@@H]2CC[C@]2(C)[C@@H](C(=O)Cn4cc(C(F)(F)F)cn4)CC[C@@H]32)C1.FC(F)(F)c1cn[nH]c1. The topological polar surface area (TPSA) is 121 Å². The molecule has 8 fully saturated rings. The van der Waals surface area contributed by atoms with Gasteiger partial charge in [-0.05, 0) is 198 Å². The molecule has 392 valence electrons. The number of aromatic amines is 1. The van der Waals surface area contributed by atoms with Crippen LogP contribution in [0, 0.1) is 80.8 Å². The van der Waals surface area contributed by atoms with Crippen molar-refractivity contribution in [1.82, 2.24) is 20.0 Å². The molecule has 0 aromatic carbocycles. The predicted molar refractivity (Wildman–Crippen MR) is 260 cm³/mol. The molecule has 8 aliphatic rings. The van der Waals surface area contributed by atoms with Crippen molar-refractivity contribution < 1.29 is 46.1 Å². The molecule has 2 aromatic heterocycles. The second kappa shape index (κ2) is 19.9. The number of alkyl halides is 7. The van der Waals surface area contributed by atoms with Crippen molar-refractivity contribution in [2.24, 2.45) is 80.8 Å². The zero-order valence-corrected chi connectivity index (χ0v) is 42.0. The highest BCUT2D eigenvalue weighted by atomic mass is 79.9. The van der Waals surface area contributed by atoms with E-state index in [2.05, 4.69) is 58.9 Å². The molecule has 10 rings (SSSR count). The van der Waals surface area contributed by atoms with E-state index in [0.29, 0.717) is 46.1 Å². The Kier molecular flexibility index (Phi) is 16.1. The number of hydrogen-bond donors (Lipinski definition) is 3. The Morgan fingerprint density at radius 2 is 1.07 bits per heavy atom. The minimum Gasteiger partial charge on any atom is -0.390 e. The van der Waals surface area contributed by atoms with E-state index in [1.807, 2.05) is 13.8 Å². The van der Waals surface area contributed by atoms with Gasteiger partial charge >= 0.3 is 12.4 Å². The summed E-state index contributed by atoms with van der Waals surface area (Å²) in [5, 5.41) is 30.8. The van der Waals surface area contributed by atoms with Crippen LogP contribution >= 0.6 is 15.9 Å². The Morgan fingerprint density at radius 3 is 1.46 bits per heavy atom. The lowest BCUT2D eigenvalue weighted by Gasteiger charge is -2.61. The van der Waals surface area contributed by atoms with Gasteiger partial charge in [0.05, 0.1) is 46.6 Å². The molecule has 0 amide bonds. The van der Waals surface area contributed by atoms with Gasteiger partial charge < -0.3 is 10.2 Å². The summed E-state index contributed by atoms with van der Waals surface area (Å²) in [6.07, 6.45) is 14.5. The molecule has 2 heterocycles. The van der Waals surface area contributed by atoms with E-state index in [0.717, 1.165) is 118 Å². The quantitative estimate of drug-likeness (QED) is 0.203. The normalized spacial score (nSPS) is 43.2. The van der Waals surface area contributed by atoms with E-state index in [1.165, 1.54) is 44.9 Å².